The van der Waals surface area contributed by atoms with Gasteiger partial charge in [-0.1, -0.05) is 64.1 Å². The number of hydrogen-bond donors (Lipinski definition) is 3. The van der Waals surface area contributed by atoms with Crippen LogP contribution in [0.2, 0.25) is 0 Å². The second-order valence-electron chi connectivity index (χ2n) is 17.7. The molecule has 2 aromatic heterocycles. The molecule has 3 aliphatic heterocycles. The van der Waals surface area contributed by atoms with Crippen LogP contribution in [0.5, 0.6) is 0 Å². The minimum Gasteiger partial charge on any atom is -0.342 e. The highest BCUT2D eigenvalue weighted by atomic mass is 32.2. The number of aromatic nitrogens is 3. The van der Waals surface area contributed by atoms with Crippen LogP contribution in [-0.2, 0) is 42.8 Å². The highest BCUT2D eigenvalue weighted by Crippen LogP contribution is 2.42. The van der Waals surface area contributed by atoms with Gasteiger partial charge in [-0.25, -0.2) is 27.8 Å². The van der Waals surface area contributed by atoms with Crippen molar-refractivity contribution in [3.8, 4) is 21.8 Å². The van der Waals surface area contributed by atoms with Gasteiger partial charge in [-0.2, -0.15) is 0 Å². The highest BCUT2D eigenvalue weighted by Gasteiger charge is 2.31. The first kappa shape index (κ1) is 44.0. The number of amides is 3. The number of carbonyl (C=O) groups excluding carboxylic acids is 3. The van der Waals surface area contributed by atoms with Crippen molar-refractivity contribution in [1.82, 2.24) is 30.1 Å². The zero-order chi connectivity index (χ0) is 44.5. The number of halogens is 1. The molecule has 3 N–H and O–H groups in total. The first-order chi connectivity index (χ1) is 30.1. The second-order valence-corrected chi connectivity index (χ2v) is 20.5. The third kappa shape index (κ3) is 10.1. The fraction of sp³-hybridized carbons (Fsp3) is 0.404. The van der Waals surface area contributed by atoms with Gasteiger partial charge < -0.3 is 10.2 Å². The molecule has 1 atom stereocenters. The number of likely N-dealkylation sites (tertiary alicyclic amines) is 1. The molecule has 8 rings (SSSR count). The quantitative estimate of drug-likeness (QED) is 0.105. The number of thiazole rings is 1. The third-order valence-corrected chi connectivity index (χ3v) is 14.9. The lowest BCUT2D eigenvalue weighted by molar-refractivity contribution is -0.135. The van der Waals surface area contributed by atoms with E-state index in [1.54, 1.807) is 31.3 Å². The van der Waals surface area contributed by atoms with Crippen LogP contribution in [0.15, 0.2) is 72.9 Å². The summed E-state index contributed by atoms with van der Waals surface area (Å²) in [6.07, 6.45) is 5.42. The van der Waals surface area contributed by atoms with Gasteiger partial charge in [0.15, 0.2) is 5.82 Å². The van der Waals surface area contributed by atoms with Gasteiger partial charge in [-0.3, -0.25) is 29.3 Å². The molecule has 13 nitrogen and oxygen atoms in total. The molecule has 0 saturated carbocycles. The van der Waals surface area contributed by atoms with Crippen molar-refractivity contribution >= 4 is 56.4 Å². The Morgan fingerprint density at radius 1 is 0.937 bits per heavy atom. The summed E-state index contributed by atoms with van der Waals surface area (Å²) in [5.74, 6) is -0.802. The molecule has 0 bridgehead atoms. The van der Waals surface area contributed by atoms with E-state index in [-0.39, 0.29) is 52.0 Å². The molecule has 16 heteroatoms. The lowest BCUT2D eigenvalue weighted by Crippen LogP contribution is -2.45. The van der Waals surface area contributed by atoms with E-state index in [0.29, 0.717) is 67.7 Å². The highest BCUT2D eigenvalue weighted by molar-refractivity contribution is 7.92. The number of nitrogens with zero attached hydrogens (tertiary/aromatic N) is 5. The summed E-state index contributed by atoms with van der Waals surface area (Å²) in [5, 5.41) is 6.60. The molecule has 3 aliphatic rings. The predicted molar refractivity (Wildman–Crippen MR) is 244 cm³/mol. The minimum atomic E-state index is -3.72. The van der Waals surface area contributed by atoms with E-state index in [2.05, 4.69) is 49.5 Å². The van der Waals surface area contributed by atoms with Gasteiger partial charge in [-0.15, -0.1) is 11.3 Å². The molecular weight excluding hydrogens is 840 g/mol. The van der Waals surface area contributed by atoms with Gasteiger partial charge >= 0.3 is 0 Å². The molecule has 3 amide bonds. The van der Waals surface area contributed by atoms with Crippen molar-refractivity contribution in [3.05, 3.63) is 106 Å². The number of hydrogen-bond acceptors (Lipinski definition) is 11. The lowest BCUT2D eigenvalue weighted by atomic mass is 9.87. The Labute approximate surface area is 372 Å². The van der Waals surface area contributed by atoms with Gasteiger partial charge in [-0.05, 0) is 90.6 Å². The van der Waals surface area contributed by atoms with Crippen molar-refractivity contribution in [2.45, 2.75) is 90.0 Å². The van der Waals surface area contributed by atoms with E-state index in [4.69, 9.17) is 9.97 Å². The minimum absolute atomic E-state index is 0.121. The summed E-state index contributed by atoms with van der Waals surface area (Å²) < 4.78 is 43.6. The topological polar surface area (TPSA) is 167 Å². The number of benzene rings is 3. The van der Waals surface area contributed by atoms with E-state index in [9.17, 15) is 22.8 Å². The van der Waals surface area contributed by atoms with Crippen LogP contribution in [-0.4, -0.2) is 82.8 Å². The number of nitrogens with one attached hydrogen (secondary N) is 3. The molecule has 0 spiro atoms. The molecule has 330 valence electrons. The number of carbonyl (C=O) groups is 3. The Balaban J connectivity index is 0.904. The SMILES string of the molecule is CCCS(=O)(=O)Nc1cccc(-c2nc(C(C)(C)C)sc2-c2ccnc(Nc3cccc(C4CCN(C(=O)CN5CCc6cc([C@H]7CCC(=O)NC7=O)ccc6C5)CC4)c3)n2)c1F. The van der Waals surface area contributed by atoms with Gasteiger partial charge in [0, 0.05) is 55.5 Å². The average Bonchev–Trinajstić information content (AvgIpc) is 3.71. The van der Waals surface area contributed by atoms with Gasteiger partial charge in [0.25, 0.3) is 0 Å². The molecule has 63 heavy (non-hydrogen) atoms. The van der Waals surface area contributed by atoms with Crippen molar-refractivity contribution in [2.24, 2.45) is 0 Å². The van der Waals surface area contributed by atoms with Crippen molar-refractivity contribution in [3.63, 3.8) is 0 Å². The Morgan fingerprint density at radius 2 is 1.73 bits per heavy atom. The molecule has 0 radical (unpaired) electrons. The molecular formula is C47H53FN8O5S2. The van der Waals surface area contributed by atoms with E-state index in [1.165, 1.54) is 28.5 Å². The van der Waals surface area contributed by atoms with Gasteiger partial charge in [0.2, 0.25) is 33.7 Å². The molecule has 2 fully saturated rings. The monoisotopic (exact) mass is 892 g/mol. The third-order valence-electron chi connectivity index (χ3n) is 11.9. The van der Waals surface area contributed by atoms with Crippen molar-refractivity contribution in [2.75, 3.05) is 42.0 Å². The fourth-order valence-electron chi connectivity index (χ4n) is 8.57. The molecule has 0 aliphatic carbocycles. The number of rotatable bonds is 12. The summed E-state index contributed by atoms with van der Waals surface area (Å²) in [6.45, 7) is 11.0. The van der Waals surface area contributed by atoms with E-state index in [0.717, 1.165) is 47.6 Å². The predicted octanol–water partition coefficient (Wildman–Crippen LogP) is 7.88. The zero-order valence-electron chi connectivity index (χ0n) is 36.0. The summed E-state index contributed by atoms with van der Waals surface area (Å²) in [5.41, 5.74) is 5.92. The van der Waals surface area contributed by atoms with Crippen molar-refractivity contribution < 1.29 is 27.2 Å². The average molecular weight is 893 g/mol. The number of piperidine rings is 2. The first-order valence-electron chi connectivity index (χ1n) is 21.6. The van der Waals surface area contributed by atoms with Crippen LogP contribution < -0.4 is 15.4 Å². The Hall–Kier alpha value is -5.58. The largest absolute Gasteiger partial charge is 0.342 e. The van der Waals surface area contributed by atoms with Crippen molar-refractivity contribution in [1.29, 1.82) is 0 Å². The fourth-order valence-corrected chi connectivity index (χ4v) is 10.8. The van der Waals surface area contributed by atoms with Gasteiger partial charge in [0.05, 0.1) is 45.2 Å². The molecule has 5 heterocycles. The maximum atomic E-state index is 16.1. The van der Waals surface area contributed by atoms with Crippen LogP contribution in [0, 0.1) is 5.82 Å². The van der Waals surface area contributed by atoms with Crippen LogP contribution in [0.3, 0.4) is 0 Å². The normalized spacial score (nSPS) is 17.6. The van der Waals surface area contributed by atoms with Crippen LogP contribution in [0.4, 0.5) is 21.7 Å². The summed E-state index contributed by atoms with van der Waals surface area (Å²) in [7, 11) is -3.72. The van der Waals surface area contributed by atoms with Crippen LogP contribution >= 0.6 is 11.3 Å². The number of anilines is 3. The smallest absolute Gasteiger partial charge is 0.236 e. The number of fused-ring (bicyclic) bond motifs is 1. The van der Waals surface area contributed by atoms with Crippen LogP contribution in [0.25, 0.3) is 21.8 Å². The zero-order valence-corrected chi connectivity index (χ0v) is 37.7. The summed E-state index contributed by atoms with van der Waals surface area (Å²) in [6, 6.07) is 20.7. The van der Waals surface area contributed by atoms with Crippen LogP contribution in [0.1, 0.15) is 98.9 Å². The van der Waals surface area contributed by atoms with Gasteiger partial charge in [0.1, 0.15) is 0 Å². The molecule has 3 aromatic carbocycles. The van der Waals surface area contributed by atoms with E-state index < -0.39 is 15.8 Å². The molecule has 5 aromatic rings. The maximum Gasteiger partial charge on any atom is 0.236 e. The Kier molecular flexibility index (Phi) is 12.8. The number of sulfonamides is 1. The molecule has 0 unspecified atom stereocenters. The Bertz CT molecular complexity index is 2660. The second kappa shape index (κ2) is 18.3. The Morgan fingerprint density at radius 3 is 2.49 bits per heavy atom. The number of imide groups is 1. The van der Waals surface area contributed by atoms with E-state index in [1.807, 2.05) is 43.9 Å². The summed E-state index contributed by atoms with van der Waals surface area (Å²) in [4.78, 5) is 56.7. The first-order valence-corrected chi connectivity index (χ1v) is 24.1. The maximum absolute atomic E-state index is 16.1. The molecule has 2 saturated heterocycles. The summed E-state index contributed by atoms with van der Waals surface area (Å²) >= 11 is 1.42. The van der Waals surface area contributed by atoms with E-state index >= 15 is 4.39 Å². The standard InChI is InChI=1S/C47H53FN8O5S2/c1-5-24-63(60,61)54-37-11-7-10-36(41(37)48)42-43(62-45(53-42)47(2,3)4)38-16-20-49-46(51-38)50-34-9-6-8-30(26-34)29-18-22-56(23-19-29)40(58)28-55-21-17-31-25-32(12-13-33(31)27-55)35-14-15-39(57)52-44(35)59/h6-13,16,20,25-26,29,35,54H,5,14-15,17-19,21-24,27-28H2,1-4H3,(H,49,50,51)(H,52,57,59)/t35-/m1/s1. The lowest BCUT2D eigenvalue weighted by Gasteiger charge is -2.35.